The highest BCUT2D eigenvalue weighted by Crippen LogP contribution is 2.47. The molecule has 2 nitrogen and oxygen atoms in total. The summed E-state index contributed by atoms with van der Waals surface area (Å²) in [5.41, 5.74) is 5.83. The summed E-state index contributed by atoms with van der Waals surface area (Å²) in [5.74, 6) is 1.60. The minimum Gasteiger partial charge on any atom is -0.327 e. The van der Waals surface area contributed by atoms with Gasteiger partial charge in [-0.3, -0.25) is 0 Å². The van der Waals surface area contributed by atoms with Crippen molar-refractivity contribution in [1.29, 1.82) is 5.26 Å². The zero-order chi connectivity index (χ0) is 7.14. The topological polar surface area (TPSA) is 49.8 Å². The largest absolute Gasteiger partial charge is 0.327 e. The molecule has 54 valence electrons. The maximum Gasteiger partial charge on any atom is 0.0659 e. The van der Waals surface area contributed by atoms with Gasteiger partial charge in [0.25, 0.3) is 0 Å². The number of hydrogen-bond acceptors (Lipinski definition) is 2. The molecule has 4 atom stereocenters. The second kappa shape index (κ2) is 1.96. The van der Waals surface area contributed by atoms with Crippen LogP contribution in [0.3, 0.4) is 0 Å². The number of fused-ring (bicyclic) bond motifs is 2. The van der Waals surface area contributed by atoms with Crippen molar-refractivity contribution in [2.24, 2.45) is 23.5 Å². The van der Waals surface area contributed by atoms with Crippen LogP contribution < -0.4 is 5.73 Å². The van der Waals surface area contributed by atoms with Crippen LogP contribution in [0.1, 0.15) is 19.3 Å². The van der Waals surface area contributed by atoms with Crippen molar-refractivity contribution in [3.63, 3.8) is 0 Å². The van der Waals surface area contributed by atoms with E-state index < -0.39 is 0 Å². The minimum atomic E-state index is 0.286. The molecule has 2 N–H and O–H groups in total. The van der Waals surface area contributed by atoms with Gasteiger partial charge in [-0.05, 0) is 31.1 Å². The summed E-state index contributed by atoms with van der Waals surface area (Å²) >= 11 is 0. The molecule has 0 unspecified atom stereocenters. The molecule has 0 spiro atoms. The summed E-state index contributed by atoms with van der Waals surface area (Å²) in [4.78, 5) is 0. The van der Waals surface area contributed by atoms with Gasteiger partial charge in [0.15, 0.2) is 0 Å². The average molecular weight is 136 g/mol. The maximum atomic E-state index is 8.70. The second-order valence-corrected chi connectivity index (χ2v) is 3.64. The zero-order valence-corrected chi connectivity index (χ0v) is 5.96. The van der Waals surface area contributed by atoms with Crippen LogP contribution in [0.4, 0.5) is 0 Å². The Morgan fingerprint density at radius 1 is 1.30 bits per heavy atom. The first-order valence-corrected chi connectivity index (χ1v) is 3.96. The first-order chi connectivity index (χ1) is 4.81. The molecular formula is C8H12N2. The monoisotopic (exact) mass is 136 g/mol. The molecule has 2 bridgehead atoms. The second-order valence-electron chi connectivity index (χ2n) is 3.64. The fourth-order valence-electron chi connectivity index (χ4n) is 2.55. The van der Waals surface area contributed by atoms with Crippen LogP contribution in [-0.4, -0.2) is 6.04 Å². The van der Waals surface area contributed by atoms with Gasteiger partial charge in [0.2, 0.25) is 0 Å². The highest BCUT2D eigenvalue weighted by atomic mass is 14.7. The van der Waals surface area contributed by atoms with Gasteiger partial charge in [0.05, 0.1) is 12.0 Å². The van der Waals surface area contributed by atoms with E-state index in [1.165, 1.54) is 12.8 Å². The lowest BCUT2D eigenvalue weighted by Crippen LogP contribution is -2.31. The Bertz CT molecular complexity index is 182. The van der Waals surface area contributed by atoms with Gasteiger partial charge in [0, 0.05) is 6.04 Å². The normalized spacial score (nSPS) is 51.2. The Morgan fingerprint density at radius 2 is 2.10 bits per heavy atom. The Labute approximate surface area is 61.0 Å². The molecule has 0 aromatic rings. The number of nitrogens with zero attached hydrogens (tertiary/aromatic N) is 1. The van der Waals surface area contributed by atoms with E-state index in [1.54, 1.807) is 0 Å². The number of hydrogen-bond donors (Lipinski definition) is 1. The summed E-state index contributed by atoms with van der Waals surface area (Å²) in [5, 5.41) is 8.70. The maximum absolute atomic E-state index is 8.70. The van der Waals surface area contributed by atoms with Crippen molar-refractivity contribution in [3.05, 3.63) is 0 Å². The Morgan fingerprint density at radius 3 is 2.50 bits per heavy atom. The van der Waals surface area contributed by atoms with E-state index in [9.17, 15) is 0 Å². The third-order valence-electron chi connectivity index (χ3n) is 3.03. The van der Waals surface area contributed by atoms with Crippen molar-refractivity contribution >= 4 is 0 Å². The molecule has 0 saturated heterocycles. The summed E-state index contributed by atoms with van der Waals surface area (Å²) in [6.45, 7) is 0. The van der Waals surface area contributed by atoms with Gasteiger partial charge < -0.3 is 5.73 Å². The molecule has 0 aromatic heterocycles. The molecule has 2 fully saturated rings. The Balaban J connectivity index is 2.14. The molecule has 2 rings (SSSR count). The molecule has 0 aliphatic heterocycles. The SMILES string of the molecule is N#C[C@H]1C[C@@H]2C[C@H]1[C@@H](N)C2. The van der Waals surface area contributed by atoms with Crippen LogP contribution >= 0.6 is 0 Å². The van der Waals surface area contributed by atoms with Crippen LogP contribution in [0, 0.1) is 29.1 Å². The Kier molecular flexibility index (Phi) is 1.21. The summed E-state index contributed by atoms with van der Waals surface area (Å²) in [6.07, 6.45) is 3.51. The van der Waals surface area contributed by atoms with Crippen LogP contribution in [0.15, 0.2) is 0 Å². The summed E-state index contributed by atoms with van der Waals surface area (Å²) < 4.78 is 0. The zero-order valence-electron chi connectivity index (χ0n) is 5.96. The molecule has 0 heterocycles. The highest BCUT2D eigenvalue weighted by Gasteiger charge is 2.44. The third kappa shape index (κ3) is 0.674. The lowest BCUT2D eigenvalue weighted by Gasteiger charge is -2.20. The molecule has 2 aliphatic rings. The van der Waals surface area contributed by atoms with Crippen LogP contribution in [0.5, 0.6) is 0 Å². The van der Waals surface area contributed by atoms with Gasteiger partial charge in [0.1, 0.15) is 0 Å². The quantitative estimate of drug-likeness (QED) is 0.537. The highest BCUT2D eigenvalue weighted by molar-refractivity contribution is 5.04. The van der Waals surface area contributed by atoms with E-state index in [0.717, 1.165) is 12.3 Å². The predicted molar refractivity (Wildman–Crippen MR) is 37.9 cm³/mol. The first-order valence-electron chi connectivity index (χ1n) is 3.96. The third-order valence-corrected chi connectivity index (χ3v) is 3.03. The molecule has 2 heteroatoms. The first kappa shape index (κ1) is 6.18. The molecule has 0 radical (unpaired) electrons. The number of nitriles is 1. The van der Waals surface area contributed by atoms with Crippen molar-refractivity contribution in [2.75, 3.05) is 0 Å². The fourth-order valence-corrected chi connectivity index (χ4v) is 2.55. The number of nitrogens with two attached hydrogens (primary N) is 1. The van der Waals surface area contributed by atoms with Gasteiger partial charge in [-0.2, -0.15) is 5.26 Å². The molecule has 2 aliphatic carbocycles. The van der Waals surface area contributed by atoms with Crippen LogP contribution in [0.25, 0.3) is 0 Å². The Hall–Kier alpha value is -0.550. The van der Waals surface area contributed by atoms with Crippen LogP contribution in [-0.2, 0) is 0 Å². The van der Waals surface area contributed by atoms with E-state index in [0.29, 0.717) is 12.0 Å². The lowest BCUT2D eigenvalue weighted by molar-refractivity contribution is 0.353. The summed E-state index contributed by atoms with van der Waals surface area (Å²) in [6, 6.07) is 2.68. The van der Waals surface area contributed by atoms with Crippen molar-refractivity contribution < 1.29 is 0 Å². The smallest absolute Gasteiger partial charge is 0.0659 e. The van der Waals surface area contributed by atoms with Gasteiger partial charge in [-0.25, -0.2) is 0 Å². The van der Waals surface area contributed by atoms with Crippen molar-refractivity contribution in [2.45, 2.75) is 25.3 Å². The predicted octanol–water partition coefficient (Wildman–Crippen LogP) is 0.883. The van der Waals surface area contributed by atoms with E-state index in [1.807, 2.05) is 0 Å². The standard InChI is InChI=1S/C8H12N2/c9-4-6-1-5-2-7(6)8(10)3-5/h5-8H,1-3,10H2/t5-,6-,7-,8+/m1/s1. The van der Waals surface area contributed by atoms with E-state index in [4.69, 9.17) is 11.0 Å². The van der Waals surface area contributed by atoms with Crippen molar-refractivity contribution in [1.82, 2.24) is 0 Å². The average Bonchev–Trinajstić information content (AvgIpc) is 2.44. The van der Waals surface area contributed by atoms with Crippen molar-refractivity contribution in [3.8, 4) is 6.07 Å². The molecule has 0 aromatic carbocycles. The van der Waals surface area contributed by atoms with E-state index in [-0.39, 0.29) is 5.92 Å². The summed E-state index contributed by atoms with van der Waals surface area (Å²) in [7, 11) is 0. The molecule has 2 saturated carbocycles. The number of rotatable bonds is 0. The van der Waals surface area contributed by atoms with E-state index >= 15 is 0 Å². The van der Waals surface area contributed by atoms with Crippen LogP contribution in [0.2, 0.25) is 0 Å². The van der Waals surface area contributed by atoms with E-state index in [2.05, 4.69) is 6.07 Å². The fraction of sp³-hybridized carbons (Fsp3) is 0.875. The van der Waals surface area contributed by atoms with Gasteiger partial charge >= 0.3 is 0 Å². The molecular weight excluding hydrogens is 124 g/mol. The lowest BCUT2D eigenvalue weighted by atomic mass is 9.87. The van der Waals surface area contributed by atoms with Gasteiger partial charge in [-0.15, -0.1) is 0 Å². The molecule has 0 amide bonds. The molecule has 10 heavy (non-hydrogen) atoms. The van der Waals surface area contributed by atoms with Gasteiger partial charge in [-0.1, -0.05) is 0 Å². The minimum absolute atomic E-state index is 0.286.